The number of Topliss-reactive ketones (excluding diaryl/α,β-unsaturated/α-hetero) is 1. The molecular formula is C20H36O4. The highest BCUT2D eigenvalue weighted by molar-refractivity contribution is 5.80. The molecule has 0 amide bonds. The Morgan fingerprint density at radius 1 is 1.38 bits per heavy atom. The number of carbonyl (C=O) groups is 1. The van der Waals surface area contributed by atoms with Crippen LogP contribution in [0.25, 0.3) is 0 Å². The molecule has 140 valence electrons. The van der Waals surface area contributed by atoms with Crippen molar-refractivity contribution >= 4 is 5.78 Å². The van der Waals surface area contributed by atoms with Crippen molar-refractivity contribution in [1.82, 2.24) is 0 Å². The van der Waals surface area contributed by atoms with Crippen LogP contribution in [0.1, 0.15) is 72.6 Å². The average molecular weight is 341 g/mol. The largest absolute Gasteiger partial charge is 0.392 e. The maximum absolute atomic E-state index is 12.1. The Bertz CT molecular complexity index is 416. The number of rotatable bonds is 9. The van der Waals surface area contributed by atoms with Gasteiger partial charge in [-0.25, -0.2) is 0 Å². The molecule has 4 nitrogen and oxygen atoms in total. The summed E-state index contributed by atoms with van der Waals surface area (Å²) in [7, 11) is 0. The van der Waals surface area contributed by atoms with Gasteiger partial charge in [0.05, 0.1) is 24.9 Å². The summed E-state index contributed by atoms with van der Waals surface area (Å²) in [6, 6.07) is 0. The molecule has 1 aliphatic heterocycles. The van der Waals surface area contributed by atoms with Crippen molar-refractivity contribution in [3.8, 4) is 0 Å². The molecule has 24 heavy (non-hydrogen) atoms. The van der Waals surface area contributed by atoms with Crippen molar-refractivity contribution < 1.29 is 19.7 Å². The minimum atomic E-state index is -0.564. The van der Waals surface area contributed by atoms with Crippen LogP contribution in [0.3, 0.4) is 0 Å². The summed E-state index contributed by atoms with van der Waals surface area (Å²) in [4.78, 5) is 12.1. The predicted molar refractivity (Wildman–Crippen MR) is 96.9 cm³/mol. The Morgan fingerprint density at radius 3 is 2.71 bits per heavy atom. The van der Waals surface area contributed by atoms with Gasteiger partial charge in [-0.05, 0) is 56.9 Å². The minimum Gasteiger partial charge on any atom is -0.392 e. The van der Waals surface area contributed by atoms with E-state index in [0.29, 0.717) is 31.1 Å². The number of hydrogen-bond acceptors (Lipinski definition) is 4. The normalized spacial score (nSPS) is 28.1. The molecule has 0 aromatic rings. The molecule has 1 unspecified atom stereocenters. The Hall–Kier alpha value is -0.710. The third kappa shape index (κ3) is 7.04. The molecule has 1 rings (SSSR count). The highest BCUT2D eigenvalue weighted by Crippen LogP contribution is 2.31. The molecule has 0 saturated carbocycles. The summed E-state index contributed by atoms with van der Waals surface area (Å²) in [5, 5.41) is 19.4. The van der Waals surface area contributed by atoms with Gasteiger partial charge in [-0.1, -0.05) is 26.8 Å². The van der Waals surface area contributed by atoms with E-state index in [-0.39, 0.29) is 12.5 Å². The highest BCUT2D eigenvalue weighted by Gasteiger charge is 2.36. The van der Waals surface area contributed by atoms with Gasteiger partial charge in [-0.15, -0.1) is 0 Å². The van der Waals surface area contributed by atoms with Gasteiger partial charge in [0.15, 0.2) is 0 Å². The third-order valence-electron chi connectivity index (χ3n) is 5.24. The number of ether oxygens (including phenoxy) is 1. The van der Waals surface area contributed by atoms with E-state index in [1.54, 1.807) is 6.08 Å². The second-order valence-corrected chi connectivity index (χ2v) is 7.89. The van der Waals surface area contributed by atoms with Crippen LogP contribution in [-0.2, 0) is 9.53 Å². The first kappa shape index (κ1) is 21.3. The summed E-state index contributed by atoms with van der Waals surface area (Å²) in [6.07, 6.45) is 6.80. The van der Waals surface area contributed by atoms with Crippen LogP contribution in [0, 0.1) is 11.8 Å². The Labute approximate surface area is 147 Å². The lowest BCUT2D eigenvalue weighted by Gasteiger charge is -2.33. The van der Waals surface area contributed by atoms with E-state index in [2.05, 4.69) is 13.8 Å². The summed E-state index contributed by atoms with van der Waals surface area (Å²) in [5.41, 5.74) is 0.490. The van der Waals surface area contributed by atoms with Gasteiger partial charge in [0.2, 0.25) is 0 Å². The van der Waals surface area contributed by atoms with Crippen LogP contribution < -0.4 is 0 Å². The summed E-state index contributed by atoms with van der Waals surface area (Å²) >= 11 is 0. The van der Waals surface area contributed by atoms with Crippen molar-refractivity contribution in [3.63, 3.8) is 0 Å². The minimum absolute atomic E-state index is 0.0154. The second kappa shape index (κ2) is 10.3. The molecule has 2 N–H and O–H groups in total. The number of hydrogen-bond donors (Lipinski definition) is 2. The van der Waals surface area contributed by atoms with E-state index in [9.17, 15) is 9.90 Å². The van der Waals surface area contributed by atoms with Crippen molar-refractivity contribution in [3.05, 3.63) is 11.6 Å². The smallest absolute Gasteiger partial charge is 0.135 e. The Kier molecular flexibility index (Phi) is 9.17. The van der Waals surface area contributed by atoms with Gasteiger partial charge in [0.25, 0.3) is 0 Å². The third-order valence-corrected chi connectivity index (χ3v) is 5.24. The van der Waals surface area contributed by atoms with Gasteiger partial charge >= 0.3 is 0 Å². The quantitative estimate of drug-likeness (QED) is 0.629. The Balaban J connectivity index is 2.44. The molecule has 0 spiro atoms. The fourth-order valence-corrected chi connectivity index (χ4v) is 3.18. The van der Waals surface area contributed by atoms with Gasteiger partial charge < -0.3 is 14.9 Å². The average Bonchev–Trinajstić information content (AvgIpc) is 2.66. The van der Waals surface area contributed by atoms with Gasteiger partial charge in [-0.3, -0.25) is 4.79 Å². The molecule has 0 radical (unpaired) electrons. The molecule has 0 bridgehead atoms. The van der Waals surface area contributed by atoms with Crippen molar-refractivity contribution in [1.29, 1.82) is 0 Å². The first-order valence-electron chi connectivity index (χ1n) is 9.42. The van der Waals surface area contributed by atoms with Gasteiger partial charge in [-0.2, -0.15) is 0 Å². The predicted octanol–water partition coefficient (Wildman–Crippen LogP) is 3.65. The standard InChI is InChI=1S/C20H36O4/c1-15(2)7-9-18(22)16(3)6-5-12-20(4)19(23)10-8-17(11-13-21)14-24-20/h11,15-16,19,21,23H,5-10,12-14H2,1-4H3/b17-11+/t16?,19-,20+/m1/s1. The van der Waals surface area contributed by atoms with E-state index in [4.69, 9.17) is 9.84 Å². The number of carbonyl (C=O) groups excluding carboxylic acids is 1. The molecule has 0 aliphatic carbocycles. The van der Waals surface area contributed by atoms with Crippen molar-refractivity contribution in [2.45, 2.75) is 84.3 Å². The van der Waals surface area contributed by atoms with Gasteiger partial charge in [0.1, 0.15) is 5.78 Å². The van der Waals surface area contributed by atoms with Crippen LogP contribution >= 0.6 is 0 Å². The number of aliphatic hydroxyl groups excluding tert-OH is 2. The maximum atomic E-state index is 12.1. The van der Waals surface area contributed by atoms with Crippen LogP contribution in [0.2, 0.25) is 0 Å². The van der Waals surface area contributed by atoms with Crippen LogP contribution in [0.15, 0.2) is 11.6 Å². The number of ketones is 1. The fraction of sp³-hybridized carbons (Fsp3) is 0.850. The zero-order valence-electron chi connectivity index (χ0n) is 15.9. The molecule has 3 atom stereocenters. The first-order valence-corrected chi connectivity index (χ1v) is 9.42. The molecular weight excluding hydrogens is 304 g/mol. The van der Waals surface area contributed by atoms with Crippen LogP contribution in [0.4, 0.5) is 0 Å². The molecule has 1 fully saturated rings. The molecule has 4 heteroatoms. The van der Waals surface area contributed by atoms with Crippen LogP contribution in [0.5, 0.6) is 0 Å². The van der Waals surface area contributed by atoms with E-state index in [1.807, 2.05) is 13.8 Å². The van der Waals surface area contributed by atoms with Gasteiger partial charge in [0, 0.05) is 12.3 Å². The zero-order chi connectivity index (χ0) is 18.2. The lowest BCUT2D eigenvalue weighted by Crippen LogP contribution is -2.41. The summed E-state index contributed by atoms with van der Waals surface area (Å²) < 4.78 is 5.97. The molecule has 0 aromatic carbocycles. The molecule has 0 aromatic heterocycles. The van der Waals surface area contributed by atoms with Crippen LogP contribution in [-0.4, -0.2) is 40.9 Å². The maximum Gasteiger partial charge on any atom is 0.135 e. The van der Waals surface area contributed by atoms with Crippen molar-refractivity contribution in [2.75, 3.05) is 13.2 Å². The second-order valence-electron chi connectivity index (χ2n) is 7.89. The topological polar surface area (TPSA) is 66.8 Å². The number of aliphatic hydroxyl groups is 2. The molecule has 1 heterocycles. The molecule has 1 aliphatic rings. The van der Waals surface area contributed by atoms with E-state index >= 15 is 0 Å². The van der Waals surface area contributed by atoms with E-state index in [1.165, 1.54) is 0 Å². The zero-order valence-corrected chi connectivity index (χ0v) is 15.9. The summed E-state index contributed by atoms with van der Waals surface area (Å²) in [6.45, 7) is 8.74. The molecule has 1 saturated heterocycles. The summed E-state index contributed by atoms with van der Waals surface area (Å²) in [5.74, 6) is 1.00. The van der Waals surface area contributed by atoms with Crippen molar-refractivity contribution in [2.24, 2.45) is 11.8 Å². The fourth-order valence-electron chi connectivity index (χ4n) is 3.18. The lowest BCUT2D eigenvalue weighted by molar-refractivity contribution is -0.123. The Morgan fingerprint density at radius 2 is 2.08 bits per heavy atom. The first-order chi connectivity index (χ1) is 11.3. The monoisotopic (exact) mass is 340 g/mol. The lowest BCUT2D eigenvalue weighted by atomic mass is 9.87. The van der Waals surface area contributed by atoms with E-state index in [0.717, 1.165) is 37.7 Å². The highest BCUT2D eigenvalue weighted by atomic mass is 16.5. The van der Waals surface area contributed by atoms with E-state index < -0.39 is 11.7 Å². The SMILES string of the molecule is CC(C)CCC(=O)C(C)CCC[C@]1(C)OC/C(=C/CO)CC[C@H]1O.